The van der Waals surface area contributed by atoms with Crippen molar-refractivity contribution < 1.29 is 0 Å². The van der Waals surface area contributed by atoms with Crippen LogP contribution in [0.25, 0.3) is 11.2 Å². The number of aryl methyl sites for hydroxylation is 1. The summed E-state index contributed by atoms with van der Waals surface area (Å²) in [6.45, 7) is 6.66. The minimum Gasteiger partial charge on any atom is -0.297 e. The lowest BCUT2D eigenvalue weighted by Crippen LogP contribution is -2.40. The third-order valence-corrected chi connectivity index (χ3v) is 4.76. The molecular formula is C19H22N6O2. The van der Waals surface area contributed by atoms with E-state index in [1.54, 1.807) is 12.1 Å². The van der Waals surface area contributed by atoms with E-state index in [0.29, 0.717) is 23.7 Å². The number of anilines is 1. The highest BCUT2D eigenvalue weighted by Crippen LogP contribution is 2.25. The number of imidazole rings is 1. The molecule has 2 aromatic heterocycles. The van der Waals surface area contributed by atoms with E-state index in [1.165, 1.54) is 9.13 Å². The first-order valence-electron chi connectivity index (χ1n) is 8.95. The predicted octanol–water partition coefficient (Wildman–Crippen LogP) is 1.55. The fourth-order valence-corrected chi connectivity index (χ4v) is 3.43. The quantitative estimate of drug-likeness (QED) is 0.705. The summed E-state index contributed by atoms with van der Waals surface area (Å²) in [4.78, 5) is 30.7. The average Bonchev–Trinajstić information content (AvgIpc) is 3.03. The topological polar surface area (TPSA) is 77.4 Å². The Kier molecular flexibility index (Phi) is 3.98. The van der Waals surface area contributed by atoms with Gasteiger partial charge in [-0.15, -0.1) is 0 Å². The van der Waals surface area contributed by atoms with Gasteiger partial charge in [0.05, 0.1) is 24.8 Å². The van der Waals surface area contributed by atoms with Gasteiger partial charge in [0, 0.05) is 7.05 Å². The largest absolute Gasteiger partial charge is 0.332 e. The first kappa shape index (κ1) is 17.3. The van der Waals surface area contributed by atoms with Gasteiger partial charge < -0.3 is 0 Å². The van der Waals surface area contributed by atoms with Gasteiger partial charge in [0.25, 0.3) is 5.56 Å². The molecule has 0 amide bonds. The maximum atomic E-state index is 13.3. The Morgan fingerprint density at radius 2 is 1.85 bits per heavy atom. The van der Waals surface area contributed by atoms with Crippen LogP contribution in [-0.4, -0.2) is 30.4 Å². The molecule has 3 heterocycles. The Bertz CT molecular complexity index is 1170. The molecule has 4 rings (SSSR count). The van der Waals surface area contributed by atoms with E-state index in [2.05, 4.69) is 10.1 Å². The van der Waals surface area contributed by atoms with Crippen molar-refractivity contribution in [3.8, 4) is 0 Å². The fourth-order valence-electron chi connectivity index (χ4n) is 3.43. The molecule has 8 heteroatoms. The Morgan fingerprint density at radius 3 is 2.52 bits per heavy atom. The molecule has 1 aliphatic rings. The summed E-state index contributed by atoms with van der Waals surface area (Å²) in [6, 6.07) is 9.58. The van der Waals surface area contributed by atoms with Gasteiger partial charge in [-0.1, -0.05) is 30.3 Å². The number of aromatic nitrogens is 4. The summed E-state index contributed by atoms with van der Waals surface area (Å²) in [6.07, 6.45) is 0. The maximum Gasteiger partial charge on any atom is 0.332 e. The standard InChI is InChI=1S/C19H22N6O2/c1-12(2)25-18-20-16-15(23(18)10-13(3)21-25)17(26)24(19(27)22(16)4)11-14-8-6-5-7-9-14/h5-9,12H,10-11H2,1-4H3. The van der Waals surface area contributed by atoms with Gasteiger partial charge in [0.1, 0.15) is 0 Å². The first-order valence-corrected chi connectivity index (χ1v) is 8.95. The van der Waals surface area contributed by atoms with Crippen LogP contribution in [0.3, 0.4) is 0 Å². The molecule has 1 aliphatic heterocycles. The van der Waals surface area contributed by atoms with Gasteiger partial charge in [0.2, 0.25) is 5.95 Å². The lowest BCUT2D eigenvalue weighted by molar-refractivity contribution is 0.640. The number of hydrazone groups is 1. The summed E-state index contributed by atoms with van der Waals surface area (Å²) in [5, 5.41) is 6.36. The Morgan fingerprint density at radius 1 is 1.15 bits per heavy atom. The molecule has 8 nitrogen and oxygen atoms in total. The molecule has 0 bridgehead atoms. The van der Waals surface area contributed by atoms with Crippen molar-refractivity contribution in [2.75, 3.05) is 5.01 Å². The third-order valence-electron chi connectivity index (χ3n) is 4.76. The average molecular weight is 366 g/mol. The van der Waals surface area contributed by atoms with Gasteiger partial charge in [-0.3, -0.25) is 18.5 Å². The lowest BCUT2D eigenvalue weighted by atomic mass is 10.2. The number of fused-ring (bicyclic) bond motifs is 3. The van der Waals surface area contributed by atoms with Crippen LogP contribution in [0.15, 0.2) is 45.0 Å². The SMILES string of the molecule is CC1=NN(C(C)C)c2nc3c(c(=O)n(Cc4ccccc4)c(=O)n3C)n2C1. The molecule has 0 saturated heterocycles. The number of rotatable bonds is 3. The van der Waals surface area contributed by atoms with Gasteiger partial charge in [0.15, 0.2) is 11.2 Å². The zero-order valence-corrected chi connectivity index (χ0v) is 15.9. The van der Waals surface area contributed by atoms with Crippen LogP contribution in [0.1, 0.15) is 26.3 Å². The molecule has 0 saturated carbocycles. The highest BCUT2D eigenvalue weighted by Gasteiger charge is 2.27. The van der Waals surface area contributed by atoms with Crippen molar-refractivity contribution in [1.82, 2.24) is 18.7 Å². The summed E-state index contributed by atoms with van der Waals surface area (Å²) >= 11 is 0. The highest BCUT2D eigenvalue weighted by molar-refractivity contribution is 5.87. The van der Waals surface area contributed by atoms with Crippen LogP contribution in [0, 0.1) is 0 Å². The van der Waals surface area contributed by atoms with Gasteiger partial charge in [-0.25, -0.2) is 9.80 Å². The second-order valence-corrected chi connectivity index (χ2v) is 7.16. The van der Waals surface area contributed by atoms with Crippen molar-refractivity contribution in [3.63, 3.8) is 0 Å². The molecule has 27 heavy (non-hydrogen) atoms. The molecule has 0 atom stereocenters. The molecule has 0 unspecified atom stereocenters. The molecular weight excluding hydrogens is 344 g/mol. The number of benzene rings is 1. The molecule has 0 radical (unpaired) electrons. The van der Waals surface area contributed by atoms with Crippen LogP contribution in [0.2, 0.25) is 0 Å². The van der Waals surface area contributed by atoms with E-state index in [1.807, 2.05) is 55.7 Å². The number of nitrogens with zero attached hydrogens (tertiary/aromatic N) is 6. The van der Waals surface area contributed by atoms with Crippen LogP contribution in [-0.2, 0) is 20.1 Å². The molecule has 0 N–H and O–H groups in total. The molecule has 0 fully saturated rings. The Balaban J connectivity index is 1.99. The first-order chi connectivity index (χ1) is 12.9. The van der Waals surface area contributed by atoms with Gasteiger partial charge in [-0.2, -0.15) is 10.1 Å². The Hall–Kier alpha value is -3.16. The van der Waals surface area contributed by atoms with Crippen LogP contribution in [0.5, 0.6) is 0 Å². The van der Waals surface area contributed by atoms with E-state index in [-0.39, 0.29) is 23.8 Å². The van der Waals surface area contributed by atoms with E-state index in [0.717, 1.165) is 11.3 Å². The van der Waals surface area contributed by atoms with Gasteiger partial charge in [-0.05, 0) is 26.3 Å². The molecule has 0 spiro atoms. The molecule has 1 aromatic carbocycles. The minimum absolute atomic E-state index is 0.0828. The smallest absolute Gasteiger partial charge is 0.297 e. The third kappa shape index (κ3) is 2.68. The normalized spacial score (nSPS) is 14.0. The molecule has 0 aliphatic carbocycles. The monoisotopic (exact) mass is 366 g/mol. The van der Waals surface area contributed by atoms with Crippen LogP contribution < -0.4 is 16.3 Å². The van der Waals surface area contributed by atoms with Crippen LogP contribution >= 0.6 is 0 Å². The minimum atomic E-state index is -0.375. The Labute approximate surface area is 156 Å². The summed E-state index contributed by atoms with van der Waals surface area (Å²) < 4.78 is 4.58. The van der Waals surface area contributed by atoms with E-state index >= 15 is 0 Å². The summed E-state index contributed by atoms with van der Waals surface area (Å²) in [5.41, 5.74) is 1.91. The highest BCUT2D eigenvalue weighted by atomic mass is 16.2. The molecule has 3 aromatic rings. The summed E-state index contributed by atoms with van der Waals surface area (Å²) in [5.74, 6) is 0.593. The van der Waals surface area contributed by atoms with Gasteiger partial charge >= 0.3 is 5.69 Å². The van der Waals surface area contributed by atoms with E-state index in [4.69, 9.17) is 0 Å². The second-order valence-electron chi connectivity index (χ2n) is 7.16. The zero-order valence-electron chi connectivity index (χ0n) is 15.9. The molecule has 140 valence electrons. The maximum absolute atomic E-state index is 13.3. The second kappa shape index (κ2) is 6.22. The number of hydrogen-bond acceptors (Lipinski definition) is 5. The predicted molar refractivity (Wildman–Crippen MR) is 106 cm³/mol. The number of hydrogen-bond donors (Lipinski definition) is 0. The van der Waals surface area contributed by atoms with Crippen molar-refractivity contribution in [3.05, 3.63) is 56.7 Å². The van der Waals surface area contributed by atoms with Crippen LogP contribution in [0.4, 0.5) is 5.95 Å². The van der Waals surface area contributed by atoms with Crippen molar-refractivity contribution in [1.29, 1.82) is 0 Å². The summed E-state index contributed by atoms with van der Waals surface area (Å²) in [7, 11) is 1.65. The van der Waals surface area contributed by atoms with Crippen molar-refractivity contribution in [2.24, 2.45) is 12.1 Å². The van der Waals surface area contributed by atoms with Crippen molar-refractivity contribution in [2.45, 2.75) is 39.9 Å². The van der Waals surface area contributed by atoms with E-state index in [9.17, 15) is 9.59 Å². The van der Waals surface area contributed by atoms with Crippen molar-refractivity contribution >= 4 is 22.8 Å². The fraction of sp³-hybridized carbons (Fsp3) is 0.368. The van der Waals surface area contributed by atoms with E-state index < -0.39 is 0 Å². The zero-order chi connectivity index (χ0) is 19.3. The lowest BCUT2D eigenvalue weighted by Gasteiger charge is -2.27.